The van der Waals surface area contributed by atoms with Crippen LogP contribution >= 0.6 is 0 Å². The minimum atomic E-state index is -3.90. The van der Waals surface area contributed by atoms with Crippen molar-refractivity contribution in [3.05, 3.63) is 51.7 Å². The van der Waals surface area contributed by atoms with Crippen molar-refractivity contribution in [2.75, 3.05) is 27.5 Å². The van der Waals surface area contributed by atoms with Crippen LogP contribution in [0.1, 0.15) is 25.3 Å². The molecule has 0 saturated heterocycles. The van der Waals surface area contributed by atoms with Crippen molar-refractivity contribution in [2.45, 2.75) is 24.7 Å². The van der Waals surface area contributed by atoms with E-state index in [0.29, 0.717) is 11.4 Å². The number of sulfone groups is 1. The SMILES string of the molecule is COC(=O)C1=C(C)NC(C)=C(S(C)(=O)=O)C1c1ccccc1S(=O)(=O)N(C)C. The van der Waals surface area contributed by atoms with Gasteiger partial charge in [0.1, 0.15) is 0 Å². The number of benzene rings is 1. The van der Waals surface area contributed by atoms with Gasteiger partial charge in [-0.25, -0.2) is 25.9 Å². The predicted octanol–water partition coefficient (Wildman–Crippen LogP) is 1.35. The Morgan fingerprint density at radius 2 is 1.64 bits per heavy atom. The van der Waals surface area contributed by atoms with E-state index in [1.54, 1.807) is 26.0 Å². The molecule has 28 heavy (non-hydrogen) atoms. The minimum absolute atomic E-state index is 0.0509. The highest BCUT2D eigenvalue weighted by molar-refractivity contribution is 7.94. The van der Waals surface area contributed by atoms with Crippen LogP contribution in [0.4, 0.5) is 0 Å². The first-order valence-electron chi connectivity index (χ1n) is 8.32. The van der Waals surface area contributed by atoms with E-state index in [1.807, 2.05) is 0 Å². The molecule has 0 bridgehead atoms. The fourth-order valence-electron chi connectivity index (χ4n) is 3.29. The van der Waals surface area contributed by atoms with Gasteiger partial charge in [0.25, 0.3) is 0 Å². The van der Waals surface area contributed by atoms with Crippen molar-refractivity contribution in [1.29, 1.82) is 0 Å². The lowest BCUT2D eigenvalue weighted by molar-refractivity contribution is -0.136. The predicted molar refractivity (Wildman–Crippen MR) is 105 cm³/mol. The maximum atomic E-state index is 12.9. The quantitative estimate of drug-likeness (QED) is 0.705. The molecule has 0 aromatic heterocycles. The molecule has 1 unspecified atom stereocenters. The number of nitrogens with one attached hydrogen (secondary N) is 1. The summed E-state index contributed by atoms with van der Waals surface area (Å²) in [6, 6.07) is 6.06. The number of nitrogens with zero attached hydrogens (tertiary/aromatic N) is 1. The summed E-state index contributed by atoms with van der Waals surface area (Å²) < 4.78 is 56.9. The van der Waals surface area contributed by atoms with E-state index in [1.165, 1.54) is 33.3 Å². The third-order valence-electron chi connectivity index (χ3n) is 4.49. The maximum absolute atomic E-state index is 12.9. The molecule has 1 aliphatic heterocycles. The Balaban J connectivity index is 2.96. The molecule has 0 saturated carbocycles. The number of esters is 1. The van der Waals surface area contributed by atoms with Crippen molar-refractivity contribution in [3.63, 3.8) is 0 Å². The van der Waals surface area contributed by atoms with Gasteiger partial charge < -0.3 is 10.1 Å². The molecular formula is C18H24N2O6S2. The second-order valence-corrected chi connectivity index (χ2v) is 10.8. The Morgan fingerprint density at radius 1 is 1.07 bits per heavy atom. The van der Waals surface area contributed by atoms with E-state index in [2.05, 4.69) is 5.32 Å². The number of dihydropyridines is 1. The average molecular weight is 429 g/mol. The number of hydrogen-bond donors (Lipinski definition) is 1. The third-order valence-corrected chi connectivity index (χ3v) is 7.72. The van der Waals surface area contributed by atoms with Gasteiger partial charge in [0.05, 0.1) is 28.4 Å². The summed E-state index contributed by atoms with van der Waals surface area (Å²) >= 11 is 0. The molecule has 1 atom stereocenters. The zero-order valence-corrected chi connectivity index (χ0v) is 18.2. The van der Waals surface area contributed by atoms with Crippen LogP contribution in [0, 0.1) is 0 Å². The van der Waals surface area contributed by atoms with Crippen LogP contribution in [-0.2, 0) is 29.4 Å². The summed E-state index contributed by atoms with van der Waals surface area (Å²) in [5, 5.41) is 2.90. The summed E-state index contributed by atoms with van der Waals surface area (Å²) in [6.07, 6.45) is 1.03. The summed E-state index contributed by atoms with van der Waals surface area (Å²) in [5.41, 5.74) is 0.973. The summed E-state index contributed by atoms with van der Waals surface area (Å²) in [4.78, 5) is 12.4. The first kappa shape index (κ1) is 22.1. The van der Waals surface area contributed by atoms with Crippen LogP contribution in [0.15, 0.2) is 51.0 Å². The molecule has 2 rings (SSSR count). The molecule has 10 heteroatoms. The lowest BCUT2D eigenvalue weighted by Gasteiger charge is -2.31. The van der Waals surface area contributed by atoms with Crippen molar-refractivity contribution >= 4 is 25.8 Å². The van der Waals surface area contributed by atoms with Gasteiger partial charge in [0.15, 0.2) is 9.84 Å². The van der Waals surface area contributed by atoms with E-state index in [9.17, 15) is 21.6 Å². The molecule has 0 amide bonds. The normalized spacial score (nSPS) is 18.3. The van der Waals surface area contributed by atoms with Crippen molar-refractivity contribution < 1.29 is 26.4 Å². The molecule has 154 valence electrons. The fraction of sp³-hybridized carbons (Fsp3) is 0.389. The number of methoxy groups -OCH3 is 1. The second-order valence-electron chi connectivity index (χ2n) is 6.67. The molecule has 0 radical (unpaired) electrons. The molecule has 1 aromatic carbocycles. The highest BCUT2D eigenvalue weighted by Gasteiger charge is 2.40. The van der Waals surface area contributed by atoms with E-state index in [4.69, 9.17) is 4.74 Å². The molecule has 1 aliphatic rings. The topological polar surface area (TPSA) is 110 Å². The van der Waals surface area contributed by atoms with Crippen molar-refractivity contribution in [1.82, 2.24) is 9.62 Å². The number of hydrogen-bond acceptors (Lipinski definition) is 7. The van der Waals surface area contributed by atoms with Crippen LogP contribution in [0.2, 0.25) is 0 Å². The molecular weight excluding hydrogens is 404 g/mol. The lowest BCUT2D eigenvalue weighted by atomic mass is 9.86. The van der Waals surface area contributed by atoms with Crippen molar-refractivity contribution in [2.24, 2.45) is 0 Å². The van der Waals surface area contributed by atoms with Gasteiger partial charge in [-0.1, -0.05) is 18.2 Å². The smallest absolute Gasteiger partial charge is 0.336 e. The molecule has 0 fully saturated rings. The first-order chi connectivity index (χ1) is 12.8. The number of carbonyl (C=O) groups is 1. The summed E-state index contributed by atoms with van der Waals surface area (Å²) in [6.45, 7) is 3.19. The Kier molecular flexibility index (Phi) is 6.07. The highest BCUT2D eigenvalue weighted by Crippen LogP contribution is 2.43. The Bertz CT molecular complexity index is 1080. The largest absolute Gasteiger partial charge is 0.466 e. The van der Waals surface area contributed by atoms with Gasteiger partial charge in [0, 0.05) is 31.7 Å². The number of carbonyl (C=O) groups excluding carboxylic acids is 1. The molecule has 1 N–H and O–H groups in total. The van der Waals surface area contributed by atoms with Crippen LogP contribution in [0.5, 0.6) is 0 Å². The second kappa shape index (κ2) is 7.69. The zero-order valence-electron chi connectivity index (χ0n) is 16.6. The van der Waals surface area contributed by atoms with Crippen LogP contribution in [0.3, 0.4) is 0 Å². The van der Waals surface area contributed by atoms with Gasteiger partial charge in [-0.3, -0.25) is 0 Å². The maximum Gasteiger partial charge on any atom is 0.336 e. The number of sulfonamides is 1. The summed E-state index contributed by atoms with van der Waals surface area (Å²) in [7, 11) is -3.73. The van der Waals surface area contributed by atoms with Gasteiger partial charge in [-0.2, -0.15) is 0 Å². The average Bonchev–Trinajstić information content (AvgIpc) is 2.59. The van der Waals surface area contributed by atoms with Gasteiger partial charge >= 0.3 is 5.97 Å². The monoisotopic (exact) mass is 428 g/mol. The van der Waals surface area contributed by atoms with Crippen LogP contribution in [-0.4, -0.2) is 54.6 Å². The third kappa shape index (κ3) is 3.85. The van der Waals surface area contributed by atoms with E-state index in [-0.39, 0.29) is 20.9 Å². The summed E-state index contributed by atoms with van der Waals surface area (Å²) in [5.74, 6) is -1.85. The Morgan fingerprint density at radius 3 is 2.14 bits per heavy atom. The minimum Gasteiger partial charge on any atom is -0.466 e. The van der Waals surface area contributed by atoms with Gasteiger partial charge in [-0.15, -0.1) is 0 Å². The van der Waals surface area contributed by atoms with Gasteiger partial charge in [0.2, 0.25) is 10.0 Å². The molecule has 0 aliphatic carbocycles. The first-order valence-corrected chi connectivity index (χ1v) is 11.7. The standard InChI is InChI=1S/C18H24N2O6S2/c1-11-15(18(21)26-5)16(17(12(2)19-11)27(6,22)23)13-9-7-8-10-14(13)28(24,25)20(3)4/h7-10,16,19H,1-6H3. The van der Waals surface area contributed by atoms with Gasteiger partial charge in [-0.05, 0) is 25.5 Å². The molecule has 0 spiro atoms. The van der Waals surface area contributed by atoms with E-state index < -0.39 is 31.7 Å². The highest BCUT2D eigenvalue weighted by atomic mass is 32.2. The van der Waals surface area contributed by atoms with Crippen LogP contribution in [0.25, 0.3) is 0 Å². The number of rotatable bonds is 5. The van der Waals surface area contributed by atoms with Crippen molar-refractivity contribution in [3.8, 4) is 0 Å². The molecule has 8 nitrogen and oxygen atoms in total. The Hall–Kier alpha value is -2.17. The lowest BCUT2D eigenvalue weighted by Crippen LogP contribution is -2.33. The molecule has 1 heterocycles. The van der Waals surface area contributed by atoms with E-state index >= 15 is 0 Å². The zero-order chi connectivity index (χ0) is 21.4. The number of ether oxygens (including phenoxy) is 1. The fourth-order valence-corrected chi connectivity index (χ4v) is 5.70. The van der Waals surface area contributed by atoms with E-state index in [0.717, 1.165) is 10.6 Å². The number of allylic oxidation sites excluding steroid dienone is 3. The Labute approximate surface area is 165 Å². The van der Waals surface area contributed by atoms with Crippen LogP contribution < -0.4 is 5.32 Å². The molecule has 1 aromatic rings.